The van der Waals surface area contributed by atoms with Gasteiger partial charge in [0.25, 0.3) is 0 Å². The Balaban J connectivity index is 2.75. The van der Waals surface area contributed by atoms with Gasteiger partial charge in [0.05, 0.1) is 17.8 Å². The fourth-order valence-corrected chi connectivity index (χ4v) is 2.04. The monoisotopic (exact) mass is 317 g/mol. The molecule has 0 radical (unpaired) electrons. The summed E-state index contributed by atoms with van der Waals surface area (Å²) in [5.41, 5.74) is 6.63. The third kappa shape index (κ3) is 1.84. The highest BCUT2D eigenvalue weighted by atomic mass is 79.9. The van der Waals surface area contributed by atoms with Crippen molar-refractivity contribution < 1.29 is 13.5 Å². The Bertz CT molecular complexity index is 613. The molecule has 0 saturated heterocycles. The van der Waals surface area contributed by atoms with Gasteiger partial charge in [0.15, 0.2) is 11.6 Å². The standard InChI is InChI=1S/C11H10BrF2N3O/c1-17-11(15)6(4-16-17)5-3-7(12)8(13)9(14)10(5)18-2/h3-4H,15H2,1-2H3. The molecule has 2 aromatic rings. The third-order valence-corrected chi connectivity index (χ3v) is 3.17. The average molecular weight is 318 g/mol. The summed E-state index contributed by atoms with van der Waals surface area (Å²) in [6.45, 7) is 0. The predicted molar refractivity (Wildman–Crippen MR) is 67.2 cm³/mol. The van der Waals surface area contributed by atoms with Crippen molar-refractivity contribution in [2.24, 2.45) is 7.05 Å². The molecular formula is C11H10BrF2N3O. The van der Waals surface area contributed by atoms with Crippen LogP contribution in [-0.4, -0.2) is 16.9 Å². The zero-order chi connectivity index (χ0) is 13.4. The summed E-state index contributed by atoms with van der Waals surface area (Å²) < 4.78 is 33.5. The third-order valence-electron chi connectivity index (χ3n) is 2.60. The minimum absolute atomic E-state index is 0.000877. The van der Waals surface area contributed by atoms with E-state index in [2.05, 4.69) is 21.0 Å². The van der Waals surface area contributed by atoms with Gasteiger partial charge >= 0.3 is 0 Å². The van der Waals surface area contributed by atoms with Crippen LogP contribution in [0.15, 0.2) is 16.7 Å². The first-order valence-corrected chi connectivity index (χ1v) is 5.76. The number of benzene rings is 1. The fourth-order valence-electron chi connectivity index (χ4n) is 1.63. The first-order chi connectivity index (χ1) is 8.47. The molecular weight excluding hydrogens is 308 g/mol. The first-order valence-electron chi connectivity index (χ1n) is 4.96. The second-order valence-corrected chi connectivity index (χ2v) is 4.49. The molecule has 0 amide bonds. The smallest absolute Gasteiger partial charge is 0.202 e. The van der Waals surface area contributed by atoms with Crippen LogP contribution >= 0.6 is 15.9 Å². The number of hydrogen-bond donors (Lipinski definition) is 1. The zero-order valence-corrected chi connectivity index (χ0v) is 11.3. The molecule has 0 aliphatic carbocycles. The summed E-state index contributed by atoms with van der Waals surface area (Å²) in [5, 5.41) is 3.95. The normalized spacial score (nSPS) is 10.7. The molecule has 0 aliphatic heterocycles. The van der Waals surface area contributed by atoms with Crippen LogP contribution in [0.5, 0.6) is 5.75 Å². The molecule has 0 unspecified atom stereocenters. The number of aromatic nitrogens is 2. The van der Waals surface area contributed by atoms with Crippen molar-refractivity contribution in [1.82, 2.24) is 9.78 Å². The quantitative estimate of drug-likeness (QED) is 0.866. The summed E-state index contributed by atoms with van der Waals surface area (Å²) >= 11 is 2.95. The number of nitrogens with two attached hydrogens (primary N) is 1. The Hall–Kier alpha value is -1.63. The van der Waals surface area contributed by atoms with Gasteiger partial charge in [0, 0.05) is 18.2 Å². The number of nitrogen functional groups attached to an aromatic ring is 1. The number of nitrogens with zero attached hydrogens (tertiary/aromatic N) is 2. The minimum Gasteiger partial charge on any atom is -0.493 e. The van der Waals surface area contributed by atoms with Crippen molar-refractivity contribution in [1.29, 1.82) is 0 Å². The number of halogens is 3. The highest BCUT2D eigenvalue weighted by Crippen LogP contribution is 2.39. The Morgan fingerprint density at radius 2 is 2.00 bits per heavy atom. The Kier molecular flexibility index (Phi) is 3.25. The van der Waals surface area contributed by atoms with E-state index < -0.39 is 11.6 Å². The average Bonchev–Trinajstić information content (AvgIpc) is 2.67. The van der Waals surface area contributed by atoms with Crippen molar-refractivity contribution in [3.05, 3.63) is 28.4 Å². The Labute approximate surface area is 110 Å². The SMILES string of the molecule is COc1c(-c2cnn(C)c2N)cc(Br)c(F)c1F. The molecule has 2 N–H and O–H groups in total. The van der Waals surface area contributed by atoms with Crippen LogP contribution in [0.25, 0.3) is 11.1 Å². The number of rotatable bonds is 2. The molecule has 4 nitrogen and oxygen atoms in total. The number of anilines is 1. The Morgan fingerprint density at radius 3 is 2.50 bits per heavy atom. The molecule has 0 bridgehead atoms. The van der Waals surface area contributed by atoms with Crippen molar-refractivity contribution >= 4 is 21.7 Å². The molecule has 18 heavy (non-hydrogen) atoms. The summed E-state index contributed by atoms with van der Waals surface area (Å²) in [7, 11) is 2.92. The first kappa shape index (κ1) is 12.8. The lowest BCUT2D eigenvalue weighted by Crippen LogP contribution is -2.00. The summed E-state index contributed by atoms with van der Waals surface area (Å²) in [5.74, 6) is -1.93. The van der Waals surface area contributed by atoms with Crippen molar-refractivity contribution in [3.63, 3.8) is 0 Å². The van der Waals surface area contributed by atoms with E-state index in [9.17, 15) is 8.78 Å². The topological polar surface area (TPSA) is 53.1 Å². The van der Waals surface area contributed by atoms with Crippen LogP contribution in [0.4, 0.5) is 14.6 Å². The summed E-state index contributed by atoms with van der Waals surface area (Å²) in [6, 6.07) is 1.41. The molecule has 1 aromatic heterocycles. The lowest BCUT2D eigenvalue weighted by Gasteiger charge is -2.11. The maximum absolute atomic E-state index is 13.7. The fraction of sp³-hybridized carbons (Fsp3) is 0.182. The molecule has 0 spiro atoms. The highest BCUT2D eigenvalue weighted by molar-refractivity contribution is 9.10. The van der Waals surface area contributed by atoms with Crippen molar-refractivity contribution in [2.75, 3.05) is 12.8 Å². The van der Waals surface area contributed by atoms with Gasteiger partial charge in [-0.2, -0.15) is 9.49 Å². The van der Waals surface area contributed by atoms with E-state index in [1.807, 2.05) is 0 Å². The van der Waals surface area contributed by atoms with Gasteiger partial charge in [-0.25, -0.2) is 4.39 Å². The van der Waals surface area contributed by atoms with Crippen LogP contribution in [0.1, 0.15) is 0 Å². The van der Waals surface area contributed by atoms with Crippen LogP contribution in [0, 0.1) is 11.6 Å². The number of methoxy groups -OCH3 is 1. The molecule has 2 rings (SSSR count). The van der Waals surface area contributed by atoms with Gasteiger partial charge in [0.1, 0.15) is 5.82 Å². The molecule has 0 fully saturated rings. The maximum atomic E-state index is 13.7. The molecule has 1 heterocycles. The van der Waals surface area contributed by atoms with E-state index in [4.69, 9.17) is 10.5 Å². The predicted octanol–water partition coefficient (Wildman–Crippen LogP) is 2.72. The van der Waals surface area contributed by atoms with E-state index in [1.54, 1.807) is 7.05 Å². The largest absolute Gasteiger partial charge is 0.493 e. The lowest BCUT2D eigenvalue weighted by molar-refractivity contribution is 0.372. The Morgan fingerprint density at radius 1 is 1.33 bits per heavy atom. The van der Waals surface area contributed by atoms with E-state index in [0.717, 1.165) is 0 Å². The second-order valence-electron chi connectivity index (χ2n) is 3.63. The molecule has 7 heteroatoms. The van der Waals surface area contributed by atoms with E-state index >= 15 is 0 Å². The number of ether oxygens (including phenoxy) is 1. The minimum atomic E-state index is -1.06. The van der Waals surface area contributed by atoms with Crippen LogP contribution < -0.4 is 10.5 Å². The molecule has 0 saturated carbocycles. The van der Waals surface area contributed by atoms with Crippen LogP contribution in [-0.2, 0) is 7.05 Å². The summed E-state index contributed by atoms with van der Waals surface area (Å²) in [6.07, 6.45) is 1.47. The van der Waals surface area contributed by atoms with Crippen LogP contribution in [0.3, 0.4) is 0 Å². The summed E-state index contributed by atoms with van der Waals surface area (Å²) in [4.78, 5) is 0. The van der Waals surface area contributed by atoms with Gasteiger partial charge in [-0.05, 0) is 22.0 Å². The van der Waals surface area contributed by atoms with E-state index in [-0.39, 0.29) is 10.2 Å². The number of hydrogen-bond acceptors (Lipinski definition) is 3. The van der Waals surface area contributed by atoms with Gasteiger partial charge in [-0.3, -0.25) is 4.68 Å². The van der Waals surface area contributed by atoms with E-state index in [0.29, 0.717) is 16.9 Å². The maximum Gasteiger partial charge on any atom is 0.202 e. The second kappa shape index (κ2) is 4.56. The molecule has 1 aromatic carbocycles. The van der Waals surface area contributed by atoms with Crippen molar-refractivity contribution in [2.45, 2.75) is 0 Å². The van der Waals surface area contributed by atoms with Crippen molar-refractivity contribution in [3.8, 4) is 16.9 Å². The van der Waals surface area contributed by atoms with Gasteiger partial charge in [-0.15, -0.1) is 0 Å². The van der Waals surface area contributed by atoms with Gasteiger partial charge < -0.3 is 10.5 Å². The van der Waals surface area contributed by atoms with Crippen LogP contribution in [0.2, 0.25) is 0 Å². The van der Waals surface area contributed by atoms with Gasteiger partial charge in [-0.1, -0.05) is 0 Å². The molecule has 0 atom stereocenters. The van der Waals surface area contributed by atoms with Gasteiger partial charge in [0.2, 0.25) is 5.82 Å². The van der Waals surface area contributed by atoms with E-state index in [1.165, 1.54) is 24.1 Å². The molecule has 0 aliphatic rings. The number of aryl methyl sites for hydroxylation is 1. The zero-order valence-electron chi connectivity index (χ0n) is 9.67. The highest BCUT2D eigenvalue weighted by Gasteiger charge is 2.21. The lowest BCUT2D eigenvalue weighted by atomic mass is 10.1. The molecule has 96 valence electrons.